The Bertz CT molecular complexity index is 341. The molecular weight excluding hydrogens is 240 g/mol. The molecule has 1 aromatic carbocycles. The van der Waals surface area contributed by atoms with Gasteiger partial charge in [0.05, 0.1) is 6.54 Å². The van der Waals surface area contributed by atoms with Crippen LogP contribution in [-0.2, 0) is 4.79 Å². The van der Waals surface area contributed by atoms with Crippen LogP contribution in [0.25, 0.3) is 0 Å². The van der Waals surface area contributed by atoms with E-state index in [1.54, 1.807) is 24.3 Å². The first-order valence-corrected chi connectivity index (χ1v) is 5.95. The Balaban J connectivity index is 2.11. The van der Waals surface area contributed by atoms with Gasteiger partial charge in [0.2, 0.25) is 5.91 Å². The van der Waals surface area contributed by atoms with Crippen molar-refractivity contribution in [2.75, 3.05) is 19.7 Å². The Labute approximate surface area is 106 Å². The normalized spacial score (nSPS) is 10.0. The second-order valence-corrected chi connectivity index (χ2v) is 3.98. The molecule has 3 N–H and O–H groups in total. The highest BCUT2D eigenvalue weighted by atomic mass is 35.5. The molecular formula is C12H17ClN2O2. The number of nitrogens with two attached hydrogens (primary N) is 1. The molecule has 0 heterocycles. The van der Waals surface area contributed by atoms with Gasteiger partial charge in [-0.2, -0.15) is 0 Å². The number of carbonyl (C=O) groups is 1. The SMILES string of the molecule is NCCCC(=O)NCCOc1ccc(Cl)cc1. The maximum absolute atomic E-state index is 11.2. The average Bonchev–Trinajstić information content (AvgIpc) is 2.34. The fourth-order valence-corrected chi connectivity index (χ4v) is 1.37. The van der Waals surface area contributed by atoms with Gasteiger partial charge in [-0.25, -0.2) is 0 Å². The van der Waals surface area contributed by atoms with E-state index in [0.717, 1.165) is 5.75 Å². The van der Waals surface area contributed by atoms with Crippen molar-refractivity contribution in [3.05, 3.63) is 29.3 Å². The van der Waals surface area contributed by atoms with Crippen LogP contribution in [-0.4, -0.2) is 25.6 Å². The fourth-order valence-electron chi connectivity index (χ4n) is 1.24. The number of benzene rings is 1. The van der Waals surface area contributed by atoms with Gasteiger partial charge < -0.3 is 15.8 Å². The van der Waals surface area contributed by atoms with E-state index in [0.29, 0.717) is 37.6 Å². The number of halogens is 1. The number of hydrogen-bond donors (Lipinski definition) is 2. The van der Waals surface area contributed by atoms with Crippen molar-refractivity contribution in [1.82, 2.24) is 5.32 Å². The summed E-state index contributed by atoms with van der Waals surface area (Å²) >= 11 is 5.74. The Morgan fingerprint density at radius 3 is 2.71 bits per heavy atom. The van der Waals surface area contributed by atoms with Crippen molar-refractivity contribution in [3.8, 4) is 5.75 Å². The predicted molar refractivity (Wildman–Crippen MR) is 68.2 cm³/mol. The number of hydrogen-bond acceptors (Lipinski definition) is 3. The molecule has 4 nitrogen and oxygen atoms in total. The molecule has 0 spiro atoms. The molecule has 1 amide bonds. The Morgan fingerprint density at radius 2 is 2.06 bits per heavy atom. The topological polar surface area (TPSA) is 64.4 Å². The van der Waals surface area contributed by atoms with E-state index in [1.165, 1.54) is 0 Å². The van der Waals surface area contributed by atoms with Crippen molar-refractivity contribution in [1.29, 1.82) is 0 Å². The zero-order chi connectivity index (χ0) is 12.5. The van der Waals surface area contributed by atoms with Crippen LogP contribution in [0.15, 0.2) is 24.3 Å². The minimum Gasteiger partial charge on any atom is -0.492 e. The number of carbonyl (C=O) groups excluding carboxylic acids is 1. The monoisotopic (exact) mass is 256 g/mol. The second-order valence-electron chi connectivity index (χ2n) is 3.54. The smallest absolute Gasteiger partial charge is 0.220 e. The maximum atomic E-state index is 11.2. The van der Waals surface area contributed by atoms with E-state index in [4.69, 9.17) is 22.1 Å². The minimum absolute atomic E-state index is 0.00940. The summed E-state index contributed by atoms with van der Waals surface area (Å²) < 4.78 is 5.42. The summed E-state index contributed by atoms with van der Waals surface area (Å²) in [7, 11) is 0. The van der Waals surface area contributed by atoms with E-state index in [2.05, 4.69) is 5.32 Å². The fraction of sp³-hybridized carbons (Fsp3) is 0.417. The van der Waals surface area contributed by atoms with Crippen LogP contribution in [0.2, 0.25) is 5.02 Å². The molecule has 0 bridgehead atoms. The van der Waals surface area contributed by atoms with Crippen LogP contribution in [0.4, 0.5) is 0 Å². The lowest BCUT2D eigenvalue weighted by atomic mass is 10.3. The average molecular weight is 257 g/mol. The third-order valence-electron chi connectivity index (χ3n) is 2.11. The standard InChI is InChI=1S/C12H17ClN2O2/c13-10-3-5-11(6-4-10)17-9-8-15-12(16)2-1-7-14/h3-6H,1-2,7-9,14H2,(H,15,16). The summed E-state index contributed by atoms with van der Waals surface area (Å²) in [6.07, 6.45) is 1.18. The lowest BCUT2D eigenvalue weighted by molar-refractivity contribution is -0.121. The van der Waals surface area contributed by atoms with Gasteiger partial charge in [-0.05, 0) is 37.2 Å². The molecule has 0 unspecified atom stereocenters. The van der Waals surface area contributed by atoms with E-state index in [-0.39, 0.29) is 5.91 Å². The van der Waals surface area contributed by atoms with Crippen LogP contribution in [0.5, 0.6) is 5.75 Å². The predicted octanol–water partition coefficient (Wildman–Crippen LogP) is 1.57. The van der Waals surface area contributed by atoms with E-state index in [1.807, 2.05) is 0 Å². The summed E-state index contributed by atoms with van der Waals surface area (Å²) in [5.74, 6) is 0.751. The highest BCUT2D eigenvalue weighted by Gasteiger charge is 1.99. The molecule has 1 aromatic rings. The first kappa shape index (κ1) is 13.8. The molecule has 17 heavy (non-hydrogen) atoms. The molecule has 0 radical (unpaired) electrons. The third-order valence-corrected chi connectivity index (χ3v) is 2.37. The van der Waals surface area contributed by atoms with Crippen molar-refractivity contribution < 1.29 is 9.53 Å². The quantitative estimate of drug-likeness (QED) is 0.728. The molecule has 1 rings (SSSR count). The number of nitrogens with one attached hydrogen (secondary N) is 1. The first-order valence-electron chi connectivity index (χ1n) is 5.57. The van der Waals surface area contributed by atoms with Crippen LogP contribution < -0.4 is 15.8 Å². The molecule has 0 saturated carbocycles. The van der Waals surface area contributed by atoms with Gasteiger partial charge in [-0.15, -0.1) is 0 Å². The largest absolute Gasteiger partial charge is 0.492 e. The number of rotatable bonds is 7. The van der Waals surface area contributed by atoms with Crippen LogP contribution in [0, 0.1) is 0 Å². The van der Waals surface area contributed by atoms with Gasteiger partial charge in [0.15, 0.2) is 0 Å². The zero-order valence-electron chi connectivity index (χ0n) is 9.62. The van der Waals surface area contributed by atoms with E-state index >= 15 is 0 Å². The lowest BCUT2D eigenvalue weighted by Gasteiger charge is -2.07. The van der Waals surface area contributed by atoms with Crippen molar-refractivity contribution in [2.45, 2.75) is 12.8 Å². The third kappa shape index (κ3) is 6.14. The van der Waals surface area contributed by atoms with Crippen molar-refractivity contribution in [3.63, 3.8) is 0 Å². The van der Waals surface area contributed by atoms with Gasteiger partial charge in [0, 0.05) is 11.4 Å². The number of amides is 1. The summed E-state index contributed by atoms with van der Waals surface area (Å²) in [6, 6.07) is 7.10. The first-order chi connectivity index (χ1) is 8.22. The van der Waals surface area contributed by atoms with E-state index < -0.39 is 0 Å². The van der Waals surface area contributed by atoms with Crippen LogP contribution >= 0.6 is 11.6 Å². The molecule has 0 aromatic heterocycles. The van der Waals surface area contributed by atoms with Crippen LogP contribution in [0.3, 0.4) is 0 Å². The summed E-state index contributed by atoms with van der Waals surface area (Å²) in [4.78, 5) is 11.2. The Kier molecular flexibility index (Phi) is 6.43. The maximum Gasteiger partial charge on any atom is 0.220 e. The molecule has 0 saturated heterocycles. The molecule has 94 valence electrons. The summed E-state index contributed by atoms with van der Waals surface area (Å²) in [6.45, 7) is 1.47. The molecule has 0 aliphatic rings. The van der Waals surface area contributed by atoms with Gasteiger partial charge in [-0.1, -0.05) is 11.6 Å². The van der Waals surface area contributed by atoms with Crippen molar-refractivity contribution >= 4 is 17.5 Å². The van der Waals surface area contributed by atoms with E-state index in [9.17, 15) is 4.79 Å². The van der Waals surface area contributed by atoms with Crippen LogP contribution in [0.1, 0.15) is 12.8 Å². The summed E-state index contributed by atoms with van der Waals surface area (Å²) in [5, 5.41) is 3.43. The van der Waals surface area contributed by atoms with Gasteiger partial charge in [-0.3, -0.25) is 4.79 Å². The highest BCUT2D eigenvalue weighted by molar-refractivity contribution is 6.30. The molecule has 0 aliphatic carbocycles. The molecule has 5 heteroatoms. The summed E-state index contributed by atoms with van der Waals surface area (Å²) in [5.41, 5.74) is 5.30. The molecule has 0 fully saturated rings. The Morgan fingerprint density at radius 1 is 1.35 bits per heavy atom. The minimum atomic E-state index is 0.00940. The van der Waals surface area contributed by atoms with Crippen molar-refractivity contribution in [2.24, 2.45) is 5.73 Å². The van der Waals surface area contributed by atoms with Gasteiger partial charge in [0.1, 0.15) is 12.4 Å². The van der Waals surface area contributed by atoms with Gasteiger partial charge in [0.25, 0.3) is 0 Å². The Hall–Kier alpha value is -1.26. The second kappa shape index (κ2) is 7.92. The molecule has 0 atom stereocenters. The van der Waals surface area contributed by atoms with Gasteiger partial charge >= 0.3 is 0 Å². The highest BCUT2D eigenvalue weighted by Crippen LogP contribution is 2.14. The zero-order valence-corrected chi connectivity index (χ0v) is 10.4. The number of ether oxygens (including phenoxy) is 1. The lowest BCUT2D eigenvalue weighted by Crippen LogP contribution is -2.28. The molecule has 0 aliphatic heterocycles.